The summed E-state index contributed by atoms with van der Waals surface area (Å²) in [6, 6.07) is 8.13. The third-order valence-electron chi connectivity index (χ3n) is 4.55. The molecule has 108 valence electrons. The number of benzene rings is 1. The Bertz CT molecular complexity index is 466. The monoisotopic (exact) mass is 273 g/mol. The molecule has 0 spiro atoms. The molecule has 1 N–H and O–H groups in total. The van der Waals surface area contributed by atoms with E-state index in [1.165, 1.54) is 43.2 Å². The third kappa shape index (κ3) is 3.21. The Hall–Kier alpha value is -1.35. The number of carbonyl (C=O) groups is 1. The van der Waals surface area contributed by atoms with Crippen molar-refractivity contribution >= 4 is 5.97 Å². The van der Waals surface area contributed by atoms with Crippen LogP contribution in [0.2, 0.25) is 0 Å². The maximum absolute atomic E-state index is 12.2. The molecule has 1 aromatic rings. The van der Waals surface area contributed by atoms with Crippen LogP contribution in [0.15, 0.2) is 24.3 Å². The Morgan fingerprint density at radius 2 is 1.90 bits per heavy atom. The fourth-order valence-electron chi connectivity index (χ4n) is 3.28. The smallest absolute Gasteiger partial charge is 0.323 e. The SMILES string of the molecule is O=C(OCC1CCCCC1)[C@@H]1Cc2ccccc2CN1. The van der Waals surface area contributed by atoms with Gasteiger partial charge in [0.2, 0.25) is 0 Å². The van der Waals surface area contributed by atoms with Crippen molar-refractivity contribution in [1.82, 2.24) is 5.32 Å². The predicted octanol–water partition coefficient (Wildman–Crippen LogP) is 2.82. The molecule has 3 nitrogen and oxygen atoms in total. The number of carbonyl (C=O) groups excluding carboxylic acids is 1. The fourth-order valence-corrected chi connectivity index (χ4v) is 3.28. The topological polar surface area (TPSA) is 38.3 Å². The summed E-state index contributed by atoms with van der Waals surface area (Å²) in [6.45, 7) is 1.37. The summed E-state index contributed by atoms with van der Waals surface area (Å²) in [4.78, 5) is 12.2. The number of hydrogen-bond acceptors (Lipinski definition) is 3. The number of esters is 1. The summed E-state index contributed by atoms with van der Waals surface area (Å²) in [5.74, 6) is 0.508. The van der Waals surface area contributed by atoms with Crippen molar-refractivity contribution in [2.45, 2.75) is 51.1 Å². The van der Waals surface area contributed by atoms with E-state index in [1.807, 2.05) is 12.1 Å². The minimum Gasteiger partial charge on any atom is -0.464 e. The van der Waals surface area contributed by atoms with Gasteiger partial charge in [-0.1, -0.05) is 43.5 Å². The molecule has 1 atom stereocenters. The molecule has 1 heterocycles. The quantitative estimate of drug-likeness (QED) is 0.861. The second-order valence-corrected chi connectivity index (χ2v) is 6.04. The van der Waals surface area contributed by atoms with Gasteiger partial charge < -0.3 is 10.1 Å². The standard InChI is InChI=1S/C17H23NO2/c19-17(20-12-13-6-2-1-3-7-13)16-10-14-8-4-5-9-15(14)11-18-16/h4-5,8-9,13,16,18H,1-3,6-7,10-12H2/t16-/m0/s1. The van der Waals surface area contributed by atoms with Crippen LogP contribution in [0.3, 0.4) is 0 Å². The van der Waals surface area contributed by atoms with Crippen molar-refractivity contribution in [2.75, 3.05) is 6.61 Å². The largest absolute Gasteiger partial charge is 0.464 e. The summed E-state index contributed by atoms with van der Waals surface area (Å²) in [5.41, 5.74) is 2.56. The van der Waals surface area contributed by atoms with Crippen molar-refractivity contribution < 1.29 is 9.53 Å². The van der Waals surface area contributed by atoms with Gasteiger partial charge in [0.05, 0.1) is 6.61 Å². The Morgan fingerprint density at radius 1 is 1.15 bits per heavy atom. The Morgan fingerprint density at radius 3 is 2.70 bits per heavy atom. The van der Waals surface area contributed by atoms with Crippen LogP contribution in [0.4, 0.5) is 0 Å². The van der Waals surface area contributed by atoms with E-state index in [-0.39, 0.29) is 12.0 Å². The Balaban J connectivity index is 1.51. The van der Waals surface area contributed by atoms with Crippen LogP contribution < -0.4 is 5.32 Å². The molecule has 3 heteroatoms. The lowest BCUT2D eigenvalue weighted by atomic mass is 9.90. The van der Waals surface area contributed by atoms with E-state index < -0.39 is 0 Å². The van der Waals surface area contributed by atoms with Crippen LogP contribution in [0, 0.1) is 5.92 Å². The van der Waals surface area contributed by atoms with E-state index in [4.69, 9.17) is 4.74 Å². The van der Waals surface area contributed by atoms with E-state index in [0.29, 0.717) is 12.5 Å². The van der Waals surface area contributed by atoms with Gasteiger partial charge in [0.15, 0.2) is 0 Å². The number of rotatable bonds is 3. The molecule has 0 bridgehead atoms. The molecular formula is C17H23NO2. The van der Waals surface area contributed by atoms with Crippen molar-refractivity contribution in [3.63, 3.8) is 0 Å². The number of fused-ring (bicyclic) bond motifs is 1. The van der Waals surface area contributed by atoms with Crippen LogP contribution in [0.5, 0.6) is 0 Å². The lowest BCUT2D eigenvalue weighted by Crippen LogP contribution is -2.43. The first kappa shape index (κ1) is 13.6. The molecule has 1 aromatic carbocycles. The van der Waals surface area contributed by atoms with E-state index in [2.05, 4.69) is 17.4 Å². The average molecular weight is 273 g/mol. The summed E-state index contributed by atoms with van der Waals surface area (Å²) in [7, 11) is 0. The molecule has 1 aliphatic carbocycles. The first-order valence-corrected chi connectivity index (χ1v) is 7.80. The number of hydrogen-bond donors (Lipinski definition) is 1. The van der Waals surface area contributed by atoms with Gasteiger partial charge in [0, 0.05) is 6.54 Å². The summed E-state index contributed by atoms with van der Waals surface area (Å²) >= 11 is 0. The number of ether oxygens (including phenoxy) is 1. The maximum atomic E-state index is 12.2. The van der Waals surface area contributed by atoms with Gasteiger partial charge in [-0.05, 0) is 36.3 Å². The van der Waals surface area contributed by atoms with Gasteiger partial charge >= 0.3 is 5.97 Å². The second kappa shape index (κ2) is 6.40. The lowest BCUT2D eigenvalue weighted by molar-refractivity contribution is -0.148. The van der Waals surface area contributed by atoms with Crippen molar-refractivity contribution in [3.8, 4) is 0 Å². The van der Waals surface area contributed by atoms with E-state index in [0.717, 1.165) is 13.0 Å². The molecule has 0 saturated heterocycles. The third-order valence-corrected chi connectivity index (χ3v) is 4.55. The molecule has 1 fully saturated rings. The van der Waals surface area contributed by atoms with Crippen LogP contribution in [0.1, 0.15) is 43.2 Å². The molecule has 3 rings (SSSR count). The predicted molar refractivity (Wildman–Crippen MR) is 78.3 cm³/mol. The van der Waals surface area contributed by atoms with E-state index >= 15 is 0 Å². The van der Waals surface area contributed by atoms with Gasteiger partial charge in [-0.3, -0.25) is 4.79 Å². The zero-order valence-electron chi connectivity index (χ0n) is 11.9. The first-order valence-electron chi connectivity index (χ1n) is 7.80. The molecule has 0 amide bonds. The summed E-state index contributed by atoms with van der Waals surface area (Å²) in [5, 5.41) is 3.29. The van der Waals surface area contributed by atoms with Crippen LogP contribution in [-0.4, -0.2) is 18.6 Å². The molecule has 20 heavy (non-hydrogen) atoms. The number of nitrogens with one attached hydrogen (secondary N) is 1. The highest BCUT2D eigenvalue weighted by Crippen LogP contribution is 2.24. The van der Waals surface area contributed by atoms with E-state index in [1.54, 1.807) is 0 Å². The molecular weight excluding hydrogens is 250 g/mol. The molecule has 1 aliphatic heterocycles. The van der Waals surface area contributed by atoms with Gasteiger partial charge in [0.1, 0.15) is 6.04 Å². The normalized spacial score (nSPS) is 23.1. The summed E-state index contributed by atoms with van der Waals surface area (Å²) in [6.07, 6.45) is 7.10. The zero-order chi connectivity index (χ0) is 13.8. The molecule has 0 aromatic heterocycles. The maximum Gasteiger partial charge on any atom is 0.323 e. The van der Waals surface area contributed by atoms with Crippen molar-refractivity contribution in [3.05, 3.63) is 35.4 Å². The van der Waals surface area contributed by atoms with Crippen molar-refractivity contribution in [2.24, 2.45) is 5.92 Å². The highest BCUT2D eigenvalue weighted by Gasteiger charge is 2.26. The van der Waals surface area contributed by atoms with Crippen LogP contribution in [0.25, 0.3) is 0 Å². The second-order valence-electron chi connectivity index (χ2n) is 6.04. The average Bonchev–Trinajstić information content (AvgIpc) is 2.53. The van der Waals surface area contributed by atoms with Crippen LogP contribution in [-0.2, 0) is 22.5 Å². The van der Waals surface area contributed by atoms with Crippen molar-refractivity contribution in [1.29, 1.82) is 0 Å². The highest BCUT2D eigenvalue weighted by molar-refractivity contribution is 5.76. The highest BCUT2D eigenvalue weighted by atomic mass is 16.5. The molecule has 2 aliphatic rings. The minimum atomic E-state index is -0.173. The van der Waals surface area contributed by atoms with E-state index in [9.17, 15) is 4.79 Å². The zero-order valence-corrected chi connectivity index (χ0v) is 11.9. The summed E-state index contributed by atoms with van der Waals surface area (Å²) < 4.78 is 5.53. The molecule has 0 radical (unpaired) electrons. The molecule has 1 saturated carbocycles. The lowest BCUT2D eigenvalue weighted by Gasteiger charge is -2.26. The Labute approximate surface area is 120 Å². The molecule has 0 unspecified atom stereocenters. The minimum absolute atomic E-state index is 0.0786. The van der Waals surface area contributed by atoms with Gasteiger partial charge in [-0.15, -0.1) is 0 Å². The van der Waals surface area contributed by atoms with Gasteiger partial charge in [-0.2, -0.15) is 0 Å². The first-order chi connectivity index (χ1) is 9.83. The fraction of sp³-hybridized carbons (Fsp3) is 0.588. The van der Waals surface area contributed by atoms with Crippen LogP contribution >= 0.6 is 0 Å². The Kier molecular flexibility index (Phi) is 4.36. The van der Waals surface area contributed by atoms with Gasteiger partial charge in [-0.25, -0.2) is 0 Å². The van der Waals surface area contributed by atoms with Gasteiger partial charge in [0.25, 0.3) is 0 Å².